The molecule has 0 radical (unpaired) electrons. The summed E-state index contributed by atoms with van der Waals surface area (Å²) >= 11 is 0. The molecule has 0 aliphatic rings. The summed E-state index contributed by atoms with van der Waals surface area (Å²) in [6.45, 7) is 0. The van der Waals surface area contributed by atoms with Crippen LogP contribution in [0.5, 0.6) is 0 Å². The largest absolute Gasteiger partial charge is 0.309 e. The summed E-state index contributed by atoms with van der Waals surface area (Å²) in [5.74, 6) is 0.708. The van der Waals surface area contributed by atoms with Gasteiger partial charge in [0, 0.05) is 49.4 Å². The molecule has 8 aromatic carbocycles. The van der Waals surface area contributed by atoms with Crippen molar-refractivity contribution in [3.8, 4) is 45.1 Å². The Morgan fingerprint density at radius 3 is 1.43 bits per heavy atom. The van der Waals surface area contributed by atoms with Gasteiger partial charge in [-0.05, 0) is 83.9 Å². The van der Waals surface area contributed by atoms with E-state index in [1.54, 1.807) is 0 Å². The van der Waals surface area contributed by atoms with Gasteiger partial charge in [-0.2, -0.15) is 0 Å². The third kappa shape index (κ3) is 4.78. The van der Waals surface area contributed by atoms with Gasteiger partial charge in [0.05, 0.1) is 33.3 Å². The van der Waals surface area contributed by atoms with E-state index in [0.29, 0.717) is 5.82 Å². The lowest BCUT2D eigenvalue weighted by Gasteiger charge is -2.12. The average Bonchev–Trinajstić information content (AvgIpc) is 3.76. The topological polar surface area (TPSA) is 35.6 Å². The smallest absolute Gasteiger partial charge is 0.160 e. The highest BCUT2D eigenvalue weighted by Gasteiger charge is 2.17. The molecule has 3 heterocycles. The minimum Gasteiger partial charge on any atom is -0.309 e. The Hall–Kier alpha value is -7.30. The molecule has 0 aliphatic heterocycles. The molecule has 11 aromatic rings. The van der Waals surface area contributed by atoms with Crippen LogP contribution in [0.3, 0.4) is 0 Å². The summed E-state index contributed by atoms with van der Waals surface area (Å²) in [4.78, 5) is 10.5. The molecule has 0 saturated heterocycles. The minimum absolute atomic E-state index is 0.708. The molecular formula is C50H32N4. The average molecular weight is 689 g/mol. The Morgan fingerprint density at radius 2 is 0.778 bits per heavy atom. The van der Waals surface area contributed by atoms with Gasteiger partial charge in [0.15, 0.2) is 5.82 Å². The molecule has 0 amide bonds. The molecule has 4 heteroatoms. The molecule has 0 saturated carbocycles. The van der Waals surface area contributed by atoms with Crippen molar-refractivity contribution >= 4 is 54.5 Å². The maximum atomic E-state index is 5.33. The number of rotatable bonds is 5. The zero-order valence-electron chi connectivity index (χ0n) is 29.3. The summed E-state index contributed by atoms with van der Waals surface area (Å²) in [7, 11) is 0. The lowest BCUT2D eigenvalue weighted by atomic mass is 10.00. The lowest BCUT2D eigenvalue weighted by Crippen LogP contribution is -1.96. The summed E-state index contributed by atoms with van der Waals surface area (Å²) in [6, 6.07) is 69.0. The summed E-state index contributed by atoms with van der Waals surface area (Å²) in [5, 5.41) is 5.91. The highest BCUT2D eigenvalue weighted by molar-refractivity contribution is 6.12. The SMILES string of the molecule is c1ccc(-n2c3ccccc3c3cc(-c4cccc(-c5nc(-c6ccc7c(c6)c6ccccc6n7-c6ccccc6)c6ccccc6n5)c4)ccc32)cc1. The molecule has 0 atom stereocenters. The molecule has 0 fully saturated rings. The molecule has 3 aromatic heterocycles. The Bertz CT molecular complexity index is 3210. The Kier molecular flexibility index (Phi) is 6.82. The first-order chi connectivity index (χ1) is 26.8. The van der Waals surface area contributed by atoms with Gasteiger partial charge in [-0.1, -0.05) is 121 Å². The number of aromatic nitrogens is 4. The lowest BCUT2D eigenvalue weighted by molar-refractivity contribution is 1.18. The van der Waals surface area contributed by atoms with Crippen LogP contribution >= 0.6 is 0 Å². The molecule has 11 rings (SSSR count). The van der Waals surface area contributed by atoms with Crippen LogP contribution < -0.4 is 0 Å². The molecule has 0 unspecified atom stereocenters. The third-order valence-electron chi connectivity index (χ3n) is 10.7. The fourth-order valence-corrected chi connectivity index (χ4v) is 8.25. The van der Waals surface area contributed by atoms with Gasteiger partial charge in [0.2, 0.25) is 0 Å². The van der Waals surface area contributed by atoms with Crippen LogP contribution in [-0.4, -0.2) is 19.1 Å². The zero-order valence-corrected chi connectivity index (χ0v) is 29.3. The van der Waals surface area contributed by atoms with Gasteiger partial charge in [-0.15, -0.1) is 0 Å². The summed E-state index contributed by atoms with van der Waals surface area (Å²) < 4.78 is 4.70. The maximum Gasteiger partial charge on any atom is 0.160 e. The molecule has 54 heavy (non-hydrogen) atoms. The Labute approximate surface area is 311 Å². The van der Waals surface area contributed by atoms with Crippen molar-refractivity contribution < 1.29 is 0 Å². The minimum atomic E-state index is 0.708. The monoisotopic (exact) mass is 688 g/mol. The number of hydrogen-bond donors (Lipinski definition) is 0. The Morgan fingerprint density at radius 1 is 0.296 bits per heavy atom. The first-order valence-corrected chi connectivity index (χ1v) is 18.3. The van der Waals surface area contributed by atoms with E-state index in [4.69, 9.17) is 9.97 Å². The molecule has 252 valence electrons. The van der Waals surface area contributed by atoms with Crippen LogP contribution in [0.2, 0.25) is 0 Å². The summed E-state index contributed by atoms with van der Waals surface area (Å²) in [6.07, 6.45) is 0. The third-order valence-corrected chi connectivity index (χ3v) is 10.7. The van der Waals surface area contributed by atoms with E-state index in [0.717, 1.165) is 50.2 Å². The second kappa shape index (κ2) is 12.1. The van der Waals surface area contributed by atoms with Gasteiger partial charge in [0.25, 0.3) is 0 Å². The number of fused-ring (bicyclic) bond motifs is 7. The van der Waals surface area contributed by atoms with Crippen LogP contribution in [0.4, 0.5) is 0 Å². The molecule has 0 bridgehead atoms. The van der Waals surface area contributed by atoms with Gasteiger partial charge >= 0.3 is 0 Å². The number of para-hydroxylation sites is 5. The number of benzene rings is 8. The van der Waals surface area contributed by atoms with Crippen molar-refractivity contribution in [3.63, 3.8) is 0 Å². The second-order valence-corrected chi connectivity index (χ2v) is 13.8. The van der Waals surface area contributed by atoms with E-state index in [2.05, 4.69) is 203 Å². The second-order valence-electron chi connectivity index (χ2n) is 13.8. The van der Waals surface area contributed by atoms with E-state index in [1.807, 2.05) is 0 Å². The van der Waals surface area contributed by atoms with Gasteiger partial charge in [0.1, 0.15) is 0 Å². The van der Waals surface area contributed by atoms with Crippen LogP contribution in [0.1, 0.15) is 0 Å². The fourth-order valence-electron chi connectivity index (χ4n) is 8.25. The fraction of sp³-hybridized carbons (Fsp3) is 0. The van der Waals surface area contributed by atoms with E-state index >= 15 is 0 Å². The normalized spacial score (nSPS) is 11.7. The van der Waals surface area contributed by atoms with Crippen molar-refractivity contribution in [2.75, 3.05) is 0 Å². The van der Waals surface area contributed by atoms with Crippen molar-refractivity contribution in [2.24, 2.45) is 0 Å². The van der Waals surface area contributed by atoms with Crippen molar-refractivity contribution in [1.82, 2.24) is 19.1 Å². The van der Waals surface area contributed by atoms with Crippen LogP contribution in [0.15, 0.2) is 194 Å². The van der Waals surface area contributed by atoms with Gasteiger partial charge in [-0.25, -0.2) is 9.97 Å². The molecular weight excluding hydrogens is 657 g/mol. The predicted molar refractivity (Wildman–Crippen MR) is 225 cm³/mol. The molecule has 4 nitrogen and oxygen atoms in total. The van der Waals surface area contributed by atoms with E-state index in [1.165, 1.54) is 43.6 Å². The quantitative estimate of drug-likeness (QED) is 0.180. The molecule has 0 spiro atoms. The first-order valence-electron chi connectivity index (χ1n) is 18.3. The highest BCUT2D eigenvalue weighted by Crippen LogP contribution is 2.38. The van der Waals surface area contributed by atoms with Crippen molar-refractivity contribution in [2.45, 2.75) is 0 Å². The van der Waals surface area contributed by atoms with Gasteiger partial charge < -0.3 is 9.13 Å². The van der Waals surface area contributed by atoms with Crippen LogP contribution in [0.25, 0.3) is 99.7 Å². The van der Waals surface area contributed by atoms with Gasteiger partial charge in [-0.3, -0.25) is 0 Å². The Balaban J connectivity index is 1.05. The van der Waals surface area contributed by atoms with E-state index < -0.39 is 0 Å². The number of hydrogen-bond acceptors (Lipinski definition) is 2. The number of nitrogens with zero attached hydrogens (tertiary/aromatic N) is 4. The highest BCUT2D eigenvalue weighted by atomic mass is 15.0. The van der Waals surface area contributed by atoms with E-state index in [9.17, 15) is 0 Å². The molecule has 0 aliphatic carbocycles. The van der Waals surface area contributed by atoms with Crippen LogP contribution in [-0.2, 0) is 0 Å². The maximum absolute atomic E-state index is 5.33. The summed E-state index contributed by atoms with van der Waals surface area (Å²) in [5.41, 5.74) is 13.2. The van der Waals surface area contributed by atoms with Crippen LogP contribution in [0, 0.1) is 0 Å². The zero-order chi connectivity index (χ0) is 35.6. The molecule has 0 N–H and O–H groups in total. The van der Waals surface area contributed by atoms with Crippen molar-refractivity contribution in [3.05, 3.63) is 194 Å². The predicted octanol–water partition coefficient (Wildman–Crippen LogP) is 12.8. The van der Waals surface area contributed by atoms with E-state index in [-0.39, 0.29) is 0 Å². The van der Waals surface area contributed by atoms with Crippen molar-refractivity contribution in [1.29, 1.82) is 0 Å². The standard InChI is InChI=1S/C50H32N4/c1-3-16-37(17-4-1)53-45-24-11-8-20-39(45)42-31-34(26-28-47(42)53)33-14-13-15-36(30-33)50-51-44-23-10-7-22-41(44)49(52-50)35-27-29-48-43(32-35)40-21-9-12-25-46(40)54(48)38-18-5-2-6-19-38/h1-32H. The first kappa shape index (κ1) is 30.3.